The Bertz CT molecular complexity index is 1210. The van der Waals surface area contributed by atoms with Crippen LogP contribution in [0.25, 0.3) is 0 Å². The van der Waals surface area contributed by atoms with Crippen LogP contribution in [0, 0.1) is 5.92 Å². The molecule has 3 rings (SSSR count). The number of carbonyl (C=O) groups excluding carboxylic acids is 2. The highest BCUT2D eigenvalue weighted by Crippen LogP contribution is 2.28. The van der Waals surface area contributed by atoms with Crippen LogP contribution < -0.4 is 10.1 Å². The molecule has 0 bridgehead atoms. The summed E-state index contributed by atoms with van der Waals surface area (Å²) in [5, 5.41) is 2.76. The number of ether oxygens (including phenoxy) is 2. The molecule has 0 aliphatic carbocycles. The van der Waals surface area contributed by atoms with Crippen LogP contribution >= 0.6 is 0 Å². The molecule has 3 atom stereocenters. The molecule has 0 saturated heterocycles. The third kappa shape index (κ3) is 6.68. The lowest BCUT2D eigenvalue weighted by atomic mass is 10.0. The molecule has 1 aliphatic rings. The van der Waals surface area contributed by atoms with Gasteiger partial charge in [-0.15, -0.1) is 0 Å². The molecule has 1 aliphatic heterocycles. The lowest BCUT2D eigenvalue weighted by molar-refractivity contribution is -0.116. The molecule has 2 amide bonds. The fraction of sp³-hybridized carbons (Fsp3) is 0.560. The van der Waals surface area contributed by atoms with E-state index < -0.39 is 22.2 Å². The van der Waals surface area contributed by atoms with Crippen LogP contribution in [0.1, 0.15) is 44.0 Å². The molecule has 0 unspecified atom stereocenters. The molecule has 1 aromatic heterocycles. The minimum Gasteiger partial charge on any atom is -0.491 e. The first-order valence-corrected chi connectivity index (χ1v) is 13.8. The van der Waals surface area contributed by atoms with Crippen LogP contribution in [-0.2, 0) is 26.6 Å². The summed E-state index contributed by atoms with van der Waals surface area (Å²) < 4.78 is 41.9. The molecule has 204 valence electrons. The fourth-order valence-electron chi connectivity index (χ4n) is 4.24. The van der Waals surface area contributed by atoms with E-state index in [1.54, 1.807) is 50.9 Å². The van der Waals surface area contributed by atoms with Gasteiger partial charge < -0.3 is 24.3 Å². The lowest BCUT2D eigenvalue weighted by Crippen LogP contribution is -2.48. The number of hydrogen-bond acceptors (Lipinski definition) is 7. The zero-order valence-corrected chi connectivity index (χ0v) is 23.1. The Hall–Kier alpha value is -2.96. The molecule has 1 N–H and O–H groups in total. The van der Waals surface area contributed by atoms with Crippen molar-refractivity contribution < 1.29 is 27.5 Å². The Morgan fingerprint density at radius 1 is 1.24 bits per heavy atom. The summed E-state index contributed by atoms with van der Waals surface area (Å²) in [5.74, 6) is -0.383. The molecule has 12 heteroatoms. The SMILES string of the molecule is CCCC(=O)Nc1ccc2c(c1)OC[C@H](C)N(S(=O)(=O)c1cn(C)cn1)C[C@@H](C)[C@H](OC)CN(C)C2=O. The van der Waals surface area contributed by atoms with Crippen molar-refractivity contribution in [2.75, 3.05) is 39.2 Å². The number of fused-ring (bicyclic) bond motifs is 1. The summed E-state index contributed by atoms with van der Waals surface area (Å²) >= 11 is 0. The van der Waals surface area contributed by atoms with E-state index in [0.717, 1.165) is 0 Å². The van der Waals surface area contributed by atoms with Crippen molar-refractivity contribution in [3.05, 3.63) is 36.3 Å². The van der Waals surface area contributed by atoms with E-state index in [1.807, 2.05) is 13.8 Å². The summed E-state index contributed by atoms with van der Waals surface area (Å²) in [6, 6.07) is 4.27. The second-order valence-corrected chi connectivity index (χ2v) is 11.4. The number of likely N-dealkylation sites (N-methyl/N-ethyl adjacent to an activating group) is 1. The zero-order chi connectivity index (χ0) is 27.3. The van der Waals surface area contributed by atoms with E-state index >= 15 is 0 Å². The van der Waals surface area contributed by atoms with Gasteiger partial charge in [0.2, 0.25) is 5.91 Å². The number of methoxy groups -OCH3 is 1. The third-order valence-corrected chi connectivity index (χ3v) is 8.27. The first-order chi connectivity index (χ1) is 17.5. The average Bonchev–Trinajstić information content (AvgIpc) is 3.30. The van der Waals surface area contributed by atoms with Crippen LogP contribution in [-0.4, -0.2) is 85.0 Å². The van der Waals surface area contributed by atoms with Gasteiger partial charge in [-0.2, -0.15) is 4.31 Å². The van der Waals surface area contributed by atoms with Crippen molar-refractivity contribution in [1.29, 1.82) is 0 Å². The Labute approximate surface area is 218 Å². The van der Waals surface area contributed by atoms with Crippen LogP contribution in [0.2, 0.25) is 0 Å². The topological polar surface area (TPSA) is 123 Å². The van der Waals surface area contributed by atoms with Gasteiger partial charge in [-0.25, -0.2) is 13.4 Å². The Balaban J connectivity index is 2.02. The summed E-state index contributed by atoms with van der Waals surface area (Å²) in [5.41, 5.74) is 0.805. The fourth-order valence-corrected chi connectivity index (χ4v) is 5.93. The minimum absolute atomic E-state index is 0.0210. The number of aromatic nitrogens is 2. The summed E-state index contributed by atoms with van der Waals surface area (Å²) in [6.07, 6.45) is 3.56. The van der Waals surface area contributed by atoms with Gasteiger partial charge in [0.15, 0.2) is 5.03 Å². The third-order valence-electron chi connectivity index (χ3n) is 6.40. The number of hydrogen-bond donors (Lipinski definition) is 1. The van der Waals surface area contributed by atoms with Crippen molar-refractivity contribution in [2.24, 2.45) is 13.0 Å². The van der Waals surface area contributed by atoms with Crippen LogP contribution in [0.5, 0.6) is 5.75 Å². The maximum atomic E-state index is 13.6. The standard InChI is InChI=1S/C25H37N5O6S/c1-7-8-23(31)27-19-9-10-20-21(11-19)36-15-18(3)30(37(33,34)24-14-28(4)16-26-24)12-17(2)22(35-6)13-29(5)25(20)32/h9-11,14,16-18,22H,7-8,12-13,15H2,1-6H3,(H,27,31)/t17-,18+,22-/m1/s1. The number of amides is 2. The number of carbonyl (C=O) groups is 2. The number of sulfonamides is 1. The van der Waals surface area contributed by atoms with E-state index in [9.17, 15) is 18.0 Å². The van der Waals surface area contributed by atoms with E-state index in [2.05, 4.69) is 10.3 Å². The number of aryl methyl sites for hydroxylation is 1. The summed E-state index contributed by atoms with van der Waals surface area (Å²) in [4.78, 5) is 31.1. The van der Waals surface area contributed by atoms with Gasteiger partial charge in [0.1, 0.15) is 12.4 Å². The van der Waals surface area contributed by atoms with E-state index in [0.29, 0.717) is 24.1 Å². The monoisotopic (exact) mass is 535 g/mol. The molecule has 0 spiro atoms. The maximum absolute atomic E-state index is 13.6. The van der Waals surface area contributed by atoms with Crippen molar-refractivity contribution in [1.82, 2.24) is 18.8 Å². The van der Waals surface area contributed by atoms with Gasteiger partial charge in [0, 0.05) is 58.7 Å². The Morgan fingerprint density at radius 2 is 1.97 bits per heavy atom. The highest BCUT2D eigenvalue weighted by molar-refractivity contribution is 7.89. The van der Waals surface area contributed by atoms with Crippen LogP contribution in [0.15, 0.2) is 35.7 Å². The average molecular weight is 536 g/mol. The minimum atomic E-state index is -3.95. The molecule has 2 aromatic rings. The Kier molecular flexibility index (Phi) is 9.32. The van der Waals surface area contributed by atoms with Gasteiger partial charge in [0.25, 0.3) is 15.9 Å². The van der Waals surface area contributed by atoms with Crippen LogP contribution in [0.4, 0.5) is 5.69 Å². The van der Waals surface area contributed by atoms with Gasteiger partial charge in [0.05, 0.1) is 24.0 Å². The molecular formula is C25H37N5O6S. The largest absolute Gasteiger partial charge is 0.491 e. The molecule has 1 aromatic carbocycles. The summed E-state index contributed by atoms with van der Waals surface area (Å²) in [6.45, 7) is 5.93. The van der Waals surface area contributed by atoms with Gasteiger partial charge >= 0.3 is 0 Å². The highest BCUT2D eigenvalue weighted by Gasteiger charge is 2.35. The number of imidazole rings is 1. The first-order valence-electron chi connectivity index (χ1n) is 12.3. The first kappa shape index (κ1) is 28.6. The van der Waals surface area contributed by atoms with Crippen molar-refractivity contribution >= 4 is 27.5 Å². The zero-order valence-electron chi connectivity index (χ0n) is 22.3. The number of anilines is 1. The molecule has 0 saturated carbocycles. The second kappa shape index (κ2) is 12.1. The normalized spacial score (nSPS) is 21.9. The van der Waals surface area contributed by atoms with Crippen molar-refractivity contribution in [2.45, 2.75) is 50.8 Å². The second-order valence-electron chi connectivity index (χ2n) is 9.56. The number of benzene rings is 1. The van der Waals surface area contributed by atoms with Gasteiger partial charge in [-0.3, -0.25) is 9.59 Å². The lowest BCUT2D eigenvalue weighted by Gasteiger charge is -2.35. The molecule has 0 radical (unpaired) electrons. The molecule has 11 nitrogen and oxygen atoms in total. The number of nitrogens with one attached hydrogen (secondary N) is 1. The predicted octanol–water partition coefficient (Wildman–Crippen LogP) is 2.35. The van der Waals surface area contributed by atoms with Gasteiger partial charge in [-0.1, -0.05) is 13.8 Å². The van der Waals surface area contributed by atoms with Gasteiger partial charge in [-0.05, 0) is 31.4 Å². The Morgan fingerprint density at radius 3 is 2.59 bits per heavy atom. The van der Waals surface area contributed by atoms with Crippen molar-refractivity contribution in [3.8, 4) is 5.75 Å². The number of rotatable bonds is 6. The van der Waals surface area contributed by atoms with Crippen molar-refractivity contribution in [3.63, 3.8) is 0 Å². The predicted molar refractivity (Wildman–Crippen MR) is 139 cm³/mol. The van der Waals surface area contributed by atoms with Crippen LogP contribution in [0.3, 0.4) is 0 Å². The summed E-state index contributed by atoms with van der Waals surface area (Å²) in [7, 11) is 0.976. The molecule has 2 heterocycles. The smallest absolute Gasteiger partial charge is 0.262 e. The number of nitrogens with zero attached hydrogens (tertiary/aromatic N) is 4. The molecule has 37 heavy (non-hydrogen) atoms. The molecule has 0 fully saturated rings. The highest BCUT2D eigenvalue weighted by atomic mass is 32.2. The quantitative estimate of drug-likeness (QED) is 0.602. The van der Waals surface area contributed by atoms with E-state index in [4.69, 9.17) is 9.47 Å². The molecular weight excluding hydrogens is 498 g/mol. The van der Waals surface area contributed by atoms with E-state index in [1.165, 1.54) is 21.7 Å². The van der Waals surface area contributed by atoms with E-state index in [-0.39, 0.29) is 48.2 Å². The maximum Gasteiger partial charge on any atom is 0.262 e.